The molecule has 0 N–H and O–H groups in total. The fourth-order valence-electron chi connectivity index (χ4n) is 1.57. The normalized spacial score (nSPS) is 30.3. The molecule has 0 aliphatic carbocycles. The van der Waals surface area contributed by atoms with E-state index in [4.69, 9.17) is 0 Å². The number of carbonyl (C=O) groups is 1. The minimum atomic E-state index is 0.172. The largest absolute Gasteiger partial charge is 0.342 e. The van der Waals surface area contributed by atoms with Crippen molar-refractivity contribution in [2.45, 2.75) is 6.42 Å². The van der Waals surface area contributed by atoms with E-state index < -0.39 is 0 Å². The van der Waals surface area contributed by atoms with Crippen LogP contribution in [0.1, 0.15) is 6.42 Å². The second-order valence-electron chi connectivity index (χ2n) is 3.10. The molecule has 0 aromatic rings. The summed E-state index contributed by atoms with van der Waals surface area (Å²) in [7, 11) is 1.87. The van der Waals surface area contributed by atoms with Crippen LogP contribution >= 0.6 is 11.8 Å². The summed E-state index contributed by atoms with van der Waals surface area (Å²) >= 11 is 1.85. The number of thioether (sulfide) groups is 1. The second kappa shape index (κ2) is 2.55. The van der Waals surface area contributed by atoms with Gasteiger partial charge in [-0.25, -0.2) is 0 Å². The topological polar surface area (TPSA) is 20.3 Å². The monoisotopic (exact) mass is 169 g/mol. The molecule has 0 aromatic heterocycles. The summed E-state index contributed by atoms with van der Waals surface area (Å²) in [6.45, 7) is 0.928. The van der Waals surface area contributed by atoms with Crippen LogP contribution in [0, 0.1) is 5.92 Å². The van der Waals surface area contributed by atoms with Gasteiger partial charge in [0.2, 0.25) is 5.91 Å². The minimum Gasteiger partial charge on any atom is -0.342 e. The van der Waals surface area contributed by atoms with E-state index in [1.165, 1.54) is 17.1 Å². The zero-order chi connectivity index (χ0) is 7.84. The van der Waals surface area contributed by atoms with Gasteiger partial charge in [0.15, 0.2) is 0 Å². The van der Waals surface area contributed by atoms with Gasteiger partial charge in [-0.3, -0.25) is 4.79 Å². The first-order chi connectivity index (χ1) is 5.27. The van der Waals surface area contributed by atoms with Gasteiger partial charge in [0.1, 0.15) is 0 Å². The molecule has 2 nitrogen and oxygen atoms in total. The van der Waals surface area contributed by atoms with E-state index in [1.54, 1.807) is 11.0 Å². The Balaban J connectivity index is 2.24. The van der Waals surface area contributed by atoms with Gasteiger partial charge in [0.05, 0.1) is 0 Å². The average molecular weight is 169 g/mol. The highest BCUT2D eigenvalue weighted by Crippen LogP contribution is 2.38. The Morgan fingerprint density at radius 1 is 1.73 bits per heavy atom. The summed E-state index contributed by atoms with van der Waals surface area (Å²) in [5.41, 5.74) is 0. The maximum absolute atomic E-state index is 11.2. The van der Waals surface area contributed by atoms with Crippen LogP contribution in [0.2, 0.25) is 0 Å². The maximum atomic E-state index is 11.2. The van der Waals surface area contributed by atoms with Gasteiger partial charge in [0, 0.05) is 25.6 Å². The Kier molecular flexibility index (Phi) is 1.68. The van der Waals surface area contributed by atoms with Crippen LogP contribution in [0.25, 0.3) is 0 Å². The van der Waals surface area contributed by atoms with Gasteiger partial charge >= 0.3 is 0 Å². The molecule has 2 heterocycles. The summed E-state index contributed by atoms with van der Waals surface area (Å²) in [4.78, 5) is 14.3. The van der Waals surface area contributed by atoms with Crippen molar-refractivity contribution in [3.63, 3.8) is 0 Å². The Morgan fingerprint density at radius 3 is 3.36 bits per heavy atom. The Bertz CT molecular complexity index is 224. The van der Waals surface area contributed by atoms with E-state index in [0.29, 0.717) is 5.92 Å². The predicted octanol–water partition coefficient (Wildman–Crippen LogP) is 1.10. The first-order valence-corrected chi connectivity index (χ1v) is 4.85. The van der Waals surface area contributed by atoms with E-state index >= 15 is 0 Å². The molecular formula is C8H11NOS. The van der Waals surface area contributed by atoms with E-state index in [2.05, 4.69) is 0 Å². The summed E-state index contributed by atoms with van der Waals surface area (Å²) in [6, 6.07) is 0. The zero-order valence-electron chi connectivity index (χ0n) is 6.54. The Morgan fingerprint density at radius 2 is 2.55 bits per heavy atom. The van der Waals surface area contributed by atoms with Gasteiger partial charge in [-0.05, 0) is 17.1 Å². The molecule has 1 saturated heterocycles. The summed E-state index contributed by atoms with van der Waals surface area (Å²) in [5.74, 6) is 2.02. The van der Waals surface area contributed by atoms with Crippen LogP contribution in [0.3, 0.4) is 0 Å². The van der Waals surface area contributed by atoms with Crippen molar-refractivity contribution in [2.24, 2.45) is 5.92 Å². The molecule has 11 heavy (non-hydrogen) atoms. The fraction of sp³-hybridized carbons (Fsp3) is 0.625. The molecule has 0 radical (unpaired) electrons. The number of likely N-dealkylation sites (N-methyl/N-ethyl adjacent to an activating group) is 1. The van der Waals surface area contributed by atoms with E-state index in [9.17, 15) is 4.79 Å². The van der Waals surface area contributed by atoms with Crippen molar-refractivity contribution in [3.05, 3.63) is 11.0 Å². The average Bonchev–Trinajstić information content (AvgIpc) is 2.36. The number of nitrogens with zero attached hydrogens (tertiary/aromatic N) is 1. The zero-order valence-corrected chi connectivity index (χ0v) is 7.36. The van der Waals surface area contributed by atoms with Crippen LogP contribution < -0.4 is 0 Å². The molecular weight excluding hydrogens is 158 g/mol. The van der Waals surface area contributed by atoms with Crippen molar-refractivity contribution in [1.29, 1.82) is 0 Å². The van der Waals surface area contributed by atoms with E-state index in [1.807, 2.05) is 18.8 Å². The van der Waals surface area contributed by atoms with Crippen molar-refractivity contribution in [1.82, 2.24) is 4.90 Å². The van der Waals surface area contributed by atoms with Gasteiger partial charge in [-0.2, -0.15) is 0 Å². The third-order valence-electron chi connectivity index (χ3n) is 2.27. The highest BCUT2D eigenvalue weighted by Gasteiger charge is 2.28. The second-order valence-corrected chi connectivity index (χ2v) is 4.27. The van der Waals surface area contributed by atoms with E-state index in [0.717, 1.165) is 6.54 Å². The van der Waals surface area contributed by atoms with Gasteiger partial charge in [-0.1, -0.05) is 0 Å². The summed E-state index contributed by atoms with van der Waals surface area (Å²) < 4.78 is 0. The molecule has 0 spiro atoms. The van der Waals surface area contributed by atoms with Crippen LogP contribution in [-0.4, -0.2) is 30.2 Å². The number of fused-ring (bicyclic) bond motifs is 1. The van der Waals surface area contributed by atoms with Crippen molar-refractivity contribution in [2.75, 3.05) is 19.3 Å². The first kappa shape index (κ1) is 7.22. The highest BCUT2D eigenvalue weighted by molar-refractivity contribution is 8.03. The molecule has 2 aliphatic heterocycles. The quantitative estimate of drug-likeness (QED) is 0.541. The summed E-state index contributed by atoms with van der Waals surface area (Å²) in [5, 5.41) is 0. The van der Waals surface area contributed by atoms with Crippen LogP contribution in [-0.2, 0) is 4.79 Å². The summed E-state index contributed by atoms with van der Waals surface area (Å²) in [6.07, 6.45) is 3.04. The smallest absolute Gasteiger partial charge is 0.247 e. The fourth-order valence-corrected chi connectivity index (χ4v) is 2.82. The molecule has 2 aliphatic rings. The number of hydrogen-bond donors (Lipinski definition) is 0. The predicted molar refractivity (Wildman–Crippen MR) is 46.3 cm³/mol. The molecule has 1 unspecified atom stereocenters. The third-order valence-corrected chi connectivity index (χ3v) is 3.50. The van der Waals surface area contributed by atoms with Crippen LogP contribution in [0.5, 0.6) is 0 Å². The Labute approximate surface area is 70.6 Å². The minimum absolute atomic E-state index is 0.172. The molecule has 3 heteroatoms. The number of hydrogen-bond acceptors (Lipinski definition) is 2. The lowest BCUT2D eigenvalue weighted by Gasteiger charge is -2.25. The van der Waals surface area contributed by atoms with Gasteiger partial charge in [-0.15, -0.1) is 11.8 Å². The molecule has 0 aromatic carbocycles. The van der Waals surface area contributed by atoms with Gasteiger partial charge < -0.3 is 4.90 Å². The number of carbonyl (C=O) groups excluding carboxylic acids is 1. The van der Waals surface area contributed by atoms with E-state index in [-0.39, 0.29) is 5.91 Å². The standard InChI is InChI=1S/C8H11NOS/c1-9-5-6-2-3-11-7(6)4-8(9)10/h4,6H,2-3,5H2,1H3. The molecule has 60 valence electrons. The lowest BCUT2D eigenvalue weighted by atomic mass is 10.0. The molecule has 1 amide bonds. The molecule has 1 fully saturated rings. The number of rotatable bonds is 0. The van der Waals surface area contributed by atoms with Crippen molar-refractivity contribution >= 4 is 17.7 Å². The lowest BCUT2D eigenvalue weighted by molar-refractivity contribution is -0.125. The number of amides is 1. The van der Waals surface area contributed by atoms with Crippen LogP contribution in [0.15, 0.2) is 11.0 Å². The molecule has 0 saturated carbocycles. The SMILES string of the molecule is CN1CC2CCSC2=CC1=O. The maximum Gasteiger partial charge on any atom is 0.247 e. The molecule has 2 rings (SSSR count). The molecule has 0 bridgehead atoms. The highest BCUT2D eigenvalue weighted by atomic mass is 32.2. The molecule has 1 atom stereocenters. The van der Waals surface area contributed by atoms with Gasteiger partial charge in [0.25, 0.3) is 0 Å². The van der Waals surface area contributed by atoms with Crippen molar-refractivity contribution < 1.29 is 4.79 Å². The van der Waals surface area contributed by atoms with Crippen LogP contribution in [0.4, 0.5) is 0 Å². The third kappa shape index (κ3) is 1.18. The lowest BCUT2D eigenvalue weighted by Crippen LogP contribution is -2.34. The van der Waals surface area contributed by atoms with Crippen molar-refractivity contribution in [3.8, 4) is 0 Å². The Hall–Kier alpha value is -0.440. The first-order valence-electron chi connectivity index (χ1n) is 3.87.